The van der Waals surface area contributed by atoms with Gasteiger partial charge in [-0.15, -0.1) is 5.10 Å². The molecular formula is C20H21FN8O. The number of nitrogens with two attached hydrogens (primary N) is 1. The van der Waals surface area contributed by atoms with Crippen molar-refractivity contribution < 1.29 is 9.13 Å². The molecule has 10 heteroatoms. The van der Waals surface area contributed by atoms with Crippen molar-refractivity contribution >= 4 is 17.0 Å². The highest BCUT2D eigenvalue weighted by molar-refractivity contribution is 5.75. The maximum atomic E-state index is 13.0. The number of aromatic nitrogens is 6. The molecule has 2 atom stereocenters. The Morgan fingerprint density at radius 3 is 2.93 bits per heavy atom. The molecule has 0 saturated carbocycles. The highest BCUT2D eigenvalue weighted by atomic mass is 19.1. The second-order valence-electron chi connectivity index (χ2n) is 7.44. The summed E-state index contributed by atoms with van der Waals surface area (Å²) < 4.78 is 20.9. The molecule has 9 nitrogen and oxygen atoms in total. The van der Waals surface area contributed by atoms with Crippen LogP contribution in [-0.4, -0.2) is 48.9 Å². The number of fused-ring (bicyclic) bond motifs is 1. The zero-order valence-electron chi connectivity index (χ0n) is 16.1. The molecule has 1 aromatic carbocycles. The van der Waals surface area contributed by atoms with Crippen molar-refractivity contribution in [3.8, 4) is 5.75 Å². The van der Waals surface area contributed by atoms with Crippen molar-refractivity contribution in [3.63, 3.8) is 0 Å². The zero-order valence-corrected chi connectivity index (χ0v) is 16.1. The average Bonchev–Trinajstić information content (AvgIpc) is 3.46. The number of nitrogens with zero attached hydrogens (tertiary/aromatic N) is 5. The van der Waals surface area contributed by atoms with Gasteiger partial charge in [0.1, 0.15) is 29.0 Å². The third-order valence-corrected chi connectivity index (χ3v) is 5.16. The van der Waals surface area contributed by atoms with Gasteiger partial charge in [0.15, 0.2) is 0 Å². The van der Waals surface area contributed by atoms with Crippen LogP contribution in [0.25, 0.3) is 11.2 Å². The van der Waals surface area contributed by atoms with E-state index in [1.807, 2.05) is 16.9 Å². The number of halogens is 1. The quantitative estimate of drug-likeness (QED) is 0.444. The van der Waals surface area contributed by atoms with Crippen LogP contribution in [0.2, 0.25) is 0 Å². The fourth-order valence-corrected chi connectivity index (χ4v) is 3.79. The Labute approximate surface area is 171 Å². The smallest absolute Gasteiger partial charge is 0.203 e. The number of ether oxygens (including phenoxy) is 1. The van der Waals surface area contributed by atoms with Crippen LogP contribution in [0.15, 0.2) is 42.6 Å². The summed E-state index contributed by atoms with van der Waals surface area (Å²) in [5.41, 5.74) is 8.93. The molecule has 0 unspecified atom stereocenters. The van der Waals surface area contributed by atoms with E-state index in [-0.39, 0.29) is 18.0 Å². The van der Waals surface area contributed by atoms with Crippen LogP contribution in [0, 0.1) is 5.82 Å². The second kappa shape index (κ2) is 7.71. The lowest BCUT2D eigenvalue weighted by molar-refractivity contribution is 0.218. The Balaban J connectivity index is 1.20. The van der Waals surface area contributed by atoms with Gasteiger partial charge in [-0.25, -0.2) is 9.37 Å². The first-order valence-corrected chi connectivity index (χ1v) is 9.76. The molecular weight excluding hydrogens is 387 g/mol. The maximum absolute atomic E-state index is 13.0. The third-order valence-electron chi connectivity index (χ3n) is 5.16. The third kappa shape index (κ3) is 3.94. The number of hydrogen-bond donors (Lipinski definition) is 3. The minimum Gasteiger partial charge on any atom is -0.489 e. The Morgan fingerprint density at radius 2 is 2.07 bits per heavy atom. The van der Waals surface area contributed by atoms with Gasteiger partial charge in [0, 0.05) is 31.6 Å². The highest BCUT2D eigenvalue weighted by Crippen LogP contribution is 2.20. The van der Waals surface area contributed by atoms with Crippen molar-refractivity contribution in [1.82, 2.24) is 35.5 Å². The molecule has 1 fully saturated rings. The molecule has 154 valence electrons. The first kappa shape index (κ1) is 18.5. The van der Waals surface area contributed by atoms with Gasteiger partial charge in [-0.1, -0.05) is 0 Å². The van der Waals surface area contributed by atoms with Gasteiger partial charge in [0.25, 0.3) is 0 Å². The molecule has 0 amide bonds. The molecule has 4 heterocycles. The number of anilines is 1. The normalized spacial score (nSPS) is 18.8. The van der Waals surface area contributed by atoms with Crippen molar-refractivity contribution in [2.45, 2.75) is 31.5 Å². The van der Waals surface area contributed by atoms with Gasteiger partial charge < -0.3 is 15.8 Å². The van der Waals surface area contributed by atoms with E-state index in [2.05, 4.69) is 30.8 Å². The van der Waals surface area contributed by atoms with Gasteiger partial charge in [0.05, 0.1) is 12.2 Å². The molecule has 1 aliphatic heterocycles. The zero-order chi connectivity index (χ0) is 20.5. The summed E-state index contributed by atoms with van der Waals surface area (Å²) in [6.45, 7) is 1.48. The topological polar surface area (TPSA) is 120 Å². The number of benzene rings is 1. The Hall–Kier alpha value is -3.53. The Morgan fingerprint density at radius 1 is 1.20 bits per heavy atom. The van der Waals surface area contributed by atoms with E-state index in [1.165, 1.54) is 12.1 Å². The SMILES string of the molecule is Nc1cc(Cc2ccn(C[C@@H]3C[C@H](Oc4ccc(F)cc4)CN3)n2)c2n[nH]nc2n1. The summed E-state index contributed by atoms with van der Waals surface area (Å²) in [6, 6.07) is 10.2. The van der Waals surface area contributed by atoms with E-state index in [9.17, 15) is 4.39 Å². The van der Waals surface area contributed by atoms with Crippen molar-refractivity contribution in [1.29, 1.82) is 0 Å². The fourth-order valence-electron chi connectivity index (χ4n) is 3.79. The molecule has 5 rings (SSSR count). The summed E-state index contributed by atoms with van der Waals surface area (Å²) in [5.74, 6) is 0.826. The highest BCUT2D eigenvalue weighted by Gasteiger charge is 2.26. The van der Waals surface area contributed by atoms with Crippen LogP contribution in [0.1, 0.15) is 17.7 Å². The van der Waals surface area contributed by atoms with Crippen LogP contribution in [0.4, 0.5) is 10.2 Å². The molecule has 4 aromatic rings. The molecule has 1 aliphatic rings. The Bertz CT molecular complexity index is 1160. The van der Waals surface area contributed by atoms with Crippen molar-refractivity contribution in [2.24, 2.45) is 0 Å². The monoisotopic (exact) mass is 408 g/mol. The average molecular weight is 408 g/mol. The van der Waals surface area contributed by atoms with E-state index < -0.39 is 0 Å². The minimum atomic E-state index is -0.266. The molecule has 0 bridgehead atoms. The Kier molecular flexibility index (Phi) is 4.75. The first-order chi connectivity index (χ1) is 14.6. The summed E-state index contributed by atoms with van der Waals surface area (Å²) in [4.78, 5) is 4.16. The molecule has 0 aliphatic carbocycles. The van der Waals surface area contributed by atoms with E-state index in [0.29, 0.717) is 29.2 Å². The van der Waals surface area contributed by atoms with E-state index in [4.69, 9.17) is 10.5 Å². The number of aromatic amines is 1. The fraction of sp³-hybridized carbons (Fsp3) is 0.300. The van der Waals surface area contributed by atoms with Gasteiger partial charge in [0.2, 0.25) is 5.65 Å². The minimum absolute atomic E-state index is 0.0516. The van der Waals surface area contributed by atoms with Crippen molar-refractivity contribution in [2.75, 3.05) is 12.3 Å². The van der Waals surface area contributed by atoms with Crippen LogP contribution < -0.4 is 15.8 Å². The molecule has 1 saturated heterocycles. The van der Waals surface area contributed by atoms with Gasteiger partial charge in [-0.05, 0) is 42.0 Å². The van der Waals surface area contributed by atoms with Gasteiger partial charge in [-0.3, -0.25) is 4.68 Å². The van der Waals surface area contributed by atoms with Crippen LogP contribution in [0.3, 0.4) is 0 Å². The van der Waals surface area contributed by atoms with Crippen LogP contribution in [0.5, 0.6) is 5.75 Å². The van der Waals surface area contributed by atoms with Gasteiger partial charge >= 0.3 is 0 Å². The number of nitrogen functional groups attached to an aromatic ring is 1. The lowest BCUT2D eigenvalue weighted by Gasteiger charge is -2.13. The number of hydrogen-bond acceptors (Lipinski definition) is 7. The number of rotatable bonds is 6. The predicted octanol–water partition coefficient (Wildman–Crippen LogP) is 1.67. The van der Waals surface area contributed by atoms with Gasteiger partial charge in [-0.2, -0.15) is 15.4 Å². The standard InChI is InChI=1S/C20H21FN8O/c21-13-1-3-16(4-2-13)30-17-9-15(23-10-17)11-29-6-5-14(27-29)7-12-8-18(22)24-20-19(12)25-28-26-20/h1-6,8,15,17,23H,7,9-11H2,(H3,22,24,25,26,28)/t15-,17-/m0/s1. The van der Waals surface area contributed by atoms with Crippen LogP contribution in [-0.2, 0) is 13.0 Å². The summed E-state index contributed by atoms with van der Waals surface area (Å²) in [5, 5.41) is 18.9. The van der Waals surface area contributed by atoms with Crippen LogP contribution >= 0.6 is 0 Å². The summed E-state index contributed by atoms with van der Waals surface area (Å²) in [6.07, 6.45) is 3.47. The second-order valence-corrected chi connectivity index (χ2v) is 7.44. The summed E-state index contributed by atoms with van der Waals surface area (Å²) >= 11 is 0. The van der Waals surface area contributed by atoms with E-state index in [1.54, 1.807) is 18.2 Å². The molecule has 0 radical (unpaired) electrons. The molecule has 0 spiro atoms. The van der Waals surface area contributed by atoms with Crippen molar-refractivity contribution in [3.05, 3.63) is 59.7 Å². The predicted molar refractivity (Wildman–Crippen MR) is 108 cm³/mol. The molecule has 3 aromatic heterocycles. The first-order valence-electron chi connectivity index (χ1n) is 9.76. The maximum Gasteiger partial charge on any atom is 0.203 e. The van der Waals surface area contributed by atoms with E-state index in [0.717, 1.165) is 30.8 Å². The number of H-pyrrole nitrogens is 1. The molecule has 4 N–H and O–H groups in total. The lowest BCUT2D eigenvalue weighted by Crippen LogP contribution is -2.27. The number of pyridine rings is 1. The lowest BCUT2D eigenvalue weighted by atomic mass is 10.1. The van der Waals surface area contributed by atoms with E-state index >= 15 is 0 Å². The summed E-state index contributed by atoms with van der Waals surface area (Å²) in [7, 11) is 0. The number of nitrogens with one attached hydrogen (secondary N) is 2. The molecule has 30 heavy (non-hydrogen) atoms. The largest absolute Gasteiger partial charge is 0.489 e.